The van der Waals surface area contributed by atoms with Gasteiger partial charge in [0, 0.05) is 25.2 Å². The SMILES string of the molecule is CC(C)CC(c1ccccc1)N1CC(N)C1. The van der Waals surface area contributed by atoms with Crippen LogP contribution in [0.4, 0.5) is 0 Å². The molecule has 1 aromatic carbocycles. The first kappa shape index (κ1) is 11.6. The molecule has 2 rings (SSSR count). The van der Waals surface area contributed by atoms with E-state index in [-0.39, 0.29) is 0 Å². The van der Waals surface area contributed by atoms with Gasteiger partial charge in [0.1, 0.15) is 0 Å². The molecule has 0 radical (unpaired) electrons. The summed E-state index contributed by atoms with van der Waals surface area (Å²) >= 11 is 0. The van der Waals surface area contributed by atoms with Crippen LogP contribution in [0.2, 0.25) is 0 Å². The van der Waals surface area contributed by atoms with Crippen molar-refractivity contribution in [1.82, 2.24) is 4.90 Å². The van der Waals surface area contributed by atoms with Gasteiger partial charge in [0.25, 0.3) is 0 Å². The summed E-state index contributed by atoms with van der Waals surface area (Å²) in [5.41, 5.74) is 7.31. The Kier molecular flexibility index (Phi) is 3.62. The number of likely N-dealkylation sites (tertiary alicyclic amines) is 1. The number of benzene rings is 1. The molecule has 1 fully saturated rings. The van der Waals surface area contributed by atoms with E-state index < -0.39 is 0 Å². The van der Waals surface area contributed by atoms with Crippen LogP contribution in [-0.4, -0.2) is 24.0 Å². The van der Waals surface area contributed by atoms with Crippen molar-refractivity contribution < 1.29 is 0 Å². The van der Waals surface area contributed by atoms with Gasteiger partial charge in [-0.2, -0.15) is 0 Å². The summed E-state index contributed by atoms with van der Waals surface area (Å²) in [6, 6.07) is 11.7. The van der Waals surface area contributed by atoms with Crippen molar-refractivity contribution in [3.05, 3.63) is 35.9 Å². The molecule has 0 amide bonds. The van der Waals surface area contributed by atoms with Crippen molar-refractivity contribution in [1.29, 1.82) is 0 Å². The Labute approximate surface area is 98.4 Å². The first-order chi connectivity index (χ1) is 7.66. The van der Waals surface area contributed by atoms with E-state index in [9.17, 15) is 0 Å². The molecule has 1 aliphatic heterocycles. The summed E-state index contributed by atoms with van der Waals surface area (Å²) in [6.45, 7) is 6.67. The van der Waals surface area contributed by atoms with Crippen LogP contribution in [0.15, 0.2) is 30.3 Å². The Morgan fingerprint density at radius 3 is 2.38 bits per heavy atom. The lowest BCUT2D eigenvalue weighted by molar-refractivity contribution is 0.0809. The maximum Gasteiger partial charge on any atom is 0.0351 e. The molecule has 2 heteroatoms. The Morgan fingerprint density at radius 1 is 1.25 bits per heavy atom. The lowest BCUT2D eigenvalue weighted by Crippen LogP contribution is -2.56. The molecule has 0 spiro atoms. The second-order valence-corrected chi connectivity index (χ2v) is 5.27. The van der Waals surface area contributed by atoms with E-state index in [2.05, 4.69) is 49.1 Å². The molecule has 1 aromatic rings. The predicted molar refractivity (Wildman–Crippen MR) is 68.2 cm³/mol. The van der Waals surface area contributed by atoms with Crippen molar-refractivity contribution in [2.24, 2.45) is 11.7 Å². The quantitative estimate of drug-likeness (QED) is 0.841. The van der Waals surface area contributed by atoms with Crippen LogP contribution in [0.5, 0.6) is 0 Å². The lowest BCUT2D eigenvalue weighted by atomic mass is 9.92. The summed E-state index contributed by atoms with van der Waals surface area (Å²) in [4.78, 5) is 2.50. The van der Waals surface area contributed by atoms with E-state index in [0.717, 1.165) is 19.0 Å². The average molecular weight is 218 g/mol. The zero-order valence-corrected chi connectivity index (χ0v) is 10.3. The fourth-order valence-corrected chi connectivity index (χ4v) is 2.42. The third-order valence-electron chi connectivity index (χ3n) is 3.26. The fourth-order valence-electron chi connectivity index (χ4n) is 2.42. The van der Waals surface area contributed by atoms with E-state index in [1.807, 2.05) is 0 Å². The van der Waals surface area contributed by atoms with Gasteiger partial charge < -0.3 is 5.73 Å². The zero-order chi connectivity index (χ0) is 11.5. The lowest BCUT2D eigenvalue weighted by Gasteiger charge is -2.43. The van der Waals surface area contributed by atoms with Gasteiger partial charge in [0.05, 0.1) is 0 Å². The van der Waals surface area contributed by atoms with Crippen molar-refractivity contribution >= 4 is 0 Å². The van der Waals surface area contributed by atoms with E-state index in [0.29, 0.717) is 12.1 Å². The number of hydrogen-bond donors (Lipinski definition) is 1. The monoisotopic (exact) mass is 218 g/mol. The standard InChI is InChI=1S/C14H22N2/c1-11(2)8-14(16-9-13(15)10-16)12-6-4-3-5-7-12/h3-7,11,13-14H,8-10,15H2,1-2H3. The van der Waals surface area contributed by atoms with Gasteiger partial charge in [-0.3, -0.25) is 4.90 Å². The molecule has 1 saturated heterocycles. The van der Waals surface area contributed by atoms with E-state index in [4.69, 9.17) is 5.73 Å². The summed E-state index contributed by atoms with van der Waals surface area (Å²) in [5.74, 6) is 0.724. The molecule has 2 nitrogen and oxygen atoms in total. The van der Waals surface area contributed by atoms with E-state index >= 15 is 0 Å². The number of rotatable bonds is 4. The Bertz CT molecular complexity index is 315. The summed E-state index contributed by atoms with van der Waals surface area (Å²) in [5, 5.41) is 0. The fraction of sp³-hybridized carbons (Fsp3) is 0.571. The summed E-state index contributed by atoms with van der Waals surface area (Å²) in [7, 11) is 0. The molecule has 0 aliphatic carbocycles. The molecule has 1 unspecified atom stereocenters. The van der Waals surface area contributed by atoms with Gasteiger partial charge in [-0.1, -0.05) is 44.2 Å². The largest absolute Gasteiger partial charge is 0.325 e. The van der Waals surface area contributed by atoms with Crippen molar-refractivity contribution in [3.8, 4) is 0 Å². The molecule has 2 N–H and O–H groups in total. The molecular weight excluding hydrogens is 196 g/mol. The maximum absolute atomic E-state index is 5.87. The second-order valence-electron chi connectivity index (χ2n) is 5.27. The van der Waals surface area contributed by atoms with Gasteiger partial charge in [0.15, 0.2) is 0 Å². The molecule has 1 aliphatic rings. The van der Waals surface area contributed by atoms with E-state index in [1.165, 1.54) is 12.0 Å². The van der Waals surface area contributed by atoms with E-state index in [1.54, 1.807) is 0 Å². The molecule has 0 saturated carbocycles. The average Bonchev–Trinajstić information content (AvgIpc) is 2.23. The normalized spacial score (nSPS) is 19.8. The topological polar surface area (TPSA) is 29.3 Å². The highest BCUT2D eigenvalue weighted by molar-refractivity contribution is 5.20. The minimum absolute atomic E-state index is 0.387. The van der Waals surface area contributed by atoms with Crippen LogP contribution < -0.4 is 5.73 Å². The molecule has 0 aromatic heterocycles. The maximum atomic E-state index is 5.87. The van der Waals surface area contributed by atoms with Gasteiger partial charge in [0.2, 0.25) is 0 Å². The zero-order valence-electron chi connectivity index (χ0n) is 10.3. The van der Waals surface area contributed by atoms with Crippen LogP contribution in [0.1, 0.15) is 31.9 Å². The summed E-state index contributed by atoms with van der Waals surface area (Å²) < 4.78 is 0. The van der Waals surface area contributed by atoms with Crippen LogP contribution in [0.25, 0.3) is 0 Å². The Morgan fingerprint density at radius 2 is 1.88 bits per heavy atom. The van der Waals surface area contributed by atoms with Crippen molar-refractivity contribution in [2.45, 2.75) is 32.4 Å². The molecule has 88 valence electrons. The van der Waals surface area contributed by atoms with Gasteiger partial charge >= 0.3 is 0 Å². The van der Waals surface area contributed by atoms with Crippen molar-refractivity contribution in [2.75, 3.05) is 13.1 Å². The smallest absolute Gasteiger partial charge is 0.0351 e. The van der Waals surface area contributed by atoms with Crippen molar-refractivity contribution in [3.63, 3.8) is 0 Å². The highest BCUT2D eigenvalue weighted by Crippen LogP contribution is 2.30. The third kappa shape index (κ3) is 2.63. The van der Waals surface area contributed by atoms with Crippen LogP contribution in [-0.2, 0) is 0 Å². The minimum atomic E-state index is 0.387. The predicted octanol–water partition coefficient (Wildman–Crippen LogP) is 2.42. The molecule has 1 atom stereocenters. The third-order valence-corrected chi connectivity index (χ3v) is 3.26. The van der Waals surface area contributed by atoms with Gasteiger partial charge in [-0.05, 0) is 17.9 Å². The summed E-state index contributed by atoms with van der Waals surface area (Å²) in [6.07, 6.45) is 1.22. The molecule has 0 bridgehead atoms. The van der Waals surface area contributed by atoms with Gasteiger partial charge in [-0.25, -0.2) is 0 Å². The highest BCUT2D eigenvalue weighted by atomic mass is 15.2. The number of nitrogens with zero attached hydrogens (tertiary/aromatic N) is 1. The molecule has 1 heterocycles. The molecular formula is C14H22N2. The second kappa shape index (κ2) is 4.98. The first-order valence-electron chi connectivity index (χ1n) is 6.21. The van der Waals surface area contributed by atoms with Crippen LogP contribution in [0, 0.1) is 5.92 Å². The minimum Gasteiger partial charge on any atom is -0.325 e. The molecule has 16 heavy (non-hydrogen) atoms. The number of nitrogens with two attached hydrogens (primary N) is 1. The Balaban J connectivity index is 2.09. The number of hydrogen-bond acceptors (Lipinski definition) is 2. The van der Waals surface area contributed by atoms with Crippen LogP contribution in [0.3, 0.4) is 0 Å². The van der Waals surface area contributed by atoms with Gasteiger partial charge in [-0.15, -0.1) is 0 Å². The first-order valence-corrected chi connectivity index (χ1v) is 6.21. The highest BCUT2D eigenvalue weighted by Gasteiger charge is 2.30. The van der Waals surface area contributed by atoms with Crippen LogP contribution >= 0.6 is 0 Å². The Hall–Kier alpha value is -0.860.